The van der Waals surface area contributed by atoms with Crippen molar-refractivity contribution in [3.63, 3.8) is 0 Å². The van der Waals surface area contributed by atoms with Crippen LogP contribution in [0.3, 0.4) is 0 Å². The Bertz CT molecular complexity index is 711. The number of tetrazole rings is 1. The van der Waals surface area contributed by atoms with Crippen molar-refractivity contribution < 1.29 is 19.1 Å². The fourth-order valence-electron chi connectivity index (χ4n) is 4.35. The minimum atomic E-state index is -0.547. The minimum absolute atomic E-state index is 0.209. The number of aromatic amines is 1. The van der Waals surface area contributed by atoms with Gasteiger partial charge in [-0.05, 0) is 44.4 Å². The predicted molar refractivity (Wildman–Crippen MR) is 113 cm³/mol. The lowest BCUT2D eigenvalue weighted by atomic mass is 9.77. The number of ether oxygens (including phenoxy) is 2. The number of H-pyrrole nitrogens is 1. The number of carbonyl (C=O) groups excluding carboxylic acids is 2. The van der Waals surface area contributed by atoms with Crippen molar-refractivity contribution in [3.8, 4) is 0 Å². The highest BCUT2D eigenvalue weighted by Crippen LogP contribution is 2.44. The van der Waals surface area contributed by atoms with Crippen molar-refractivity contribution in [2.45, 2.75) is 70.5 Å². The summed E-state index contributed by atoms with van der Waals surface area (Å²) < 4.78 is 11.1. The lowest BCUT2D eigenvalue weighted by Gasteiger charge is -2.27. The van der Waals surface area contributed by atoms with Gasteiger partial charge in [0.05, 0.1) is 12.2 Å². The van der Waals surface area contributed by atoms with E-state index >= 15 is 0 Å². The Labute approximate surface area is 182 Å². The molecule has 0 aromatic carbocycles. The number of fused-ring (bicyclic) bond motifs is 2. The molecular formula is C21H34N6O4. The molecule has 3 rings (SSSR count). The Balaban J connectivity index is 1.34. The van der Waals surface area contributed by atoms with E-state index in [9.17, 15) is 9.59 Å². The molecule has 172 valence electrons. The van der Waals surface area contributed by atoms with Crippen LogP contribution in [-0.2, 0) is 20.7 Å². The summed E-state index contributed by atoms with van der Waals surface area (Å²) in [5.41, 5.74) is 0. The second-order valence-corrected chi connectivity index (χ2v) is 8.21. The highest BCUT2D eigenvalue weighted by Gasteiger charge is 2.47. The molecule has 2 fully saturated rings. The third-order valence-corrected chi connectivity index (χ3v) is 5.99. The van der Waals surface area contributed by atoms with Crippen molar-refractivity contribution in [3.05, 3.63) is 18.0 Å². The highest BCUT2D eigenvalue weighted by atomic mass is 16.6. The molecular weight excluding hydrogens is 400 g/mol. The SMILES string of the molecule is CCCCNC(=O)OCC(=O)NC[C@@H]1[C@H](C/C=C\CCCc2nn[nH]n2)[C@@H]2CC[C@H]1O2. The van der Waals surface area contributed by atoms with Gasteiger partial charge in [0, 0.05) is 25.4 Å². The van der Waals surface area contributed by atoms with E-state index in [-0.39, 0.29) is 24.7 Å². The molecule has 2 saturated heterocycles. The maximum Gasteiger partial charge on any atom is 0.407 e. The number of unbranched alkanes of at least 4 members (excludes halogenated alkanes) is 2. The molecule has 3 N–H and O–H groups in total. The second kappa shape index (κ2) is 12.4. The molecule has 2 aliphatic heterocycles. The number of nitrogens with one attached hydrogen (secondary N) is 3. The van der Waals surface area contributed by atoms with E-state index in [4.69, 9.17) is 9.47 Å². The summed E-state index contributed by atoms with van der Waals surface area (Å²) in [6, 6.07) is 0. The number of allylic oxidation sites excluding steroid dienone is 2. The van der Waals surface area contributed by atoms with Crippen LogP contribution < -0.4 is 10.6 Å². The van der Waals surface area contributed by atoms with E-state index in [2.05, 4.69) is 43.4 Å². The number of alkyl carbamates (subject to hydrolysis) is 1. The van der Waals surface area contributed by atoms with Crippen LogP contribution in [0.4, 0.5) is 4.79 Å². The number of hydrogen-bond donors (Lipinski definition) is 3. The lowest BCUT2D eigenvalue weighted by Crippen LogP contribution is -2.40. The van der Waals surface area contributed by atoms with Gasteiger partial charge in [0.1, 0.15) is 0 Å². The van der Waals surface area contributed by atoms with Crippen LogP contribution in [0.5, 0.6) is 0 Å². The molecule has 1 aromatic rings. The van der Waals surface area contributed by atoms with Crippen LogP contribution in [0.25, 0.3) is 0 Å². The minimum Gasteiger partial charge on any atom is -0.439 e. The van der Waals surface area contributed by atoms with Crippen molar-refractivity contribution in [1.82, 2.24) is 31.3 Å². The molecule has 2 bridgehead atoms. The molecule has 0 radical (unpaired) electrons. The average Bonchev–Trinajstić information content (AvgIpc) is 3.51. The molecule has 0 spiro atoms. The van der Waals surface area contributed by atoms with Crippen LogP contribution in [0.15, 0.2) is 12.2 Å². The van der Waals surface area contributed by atoms with Crippen LogP contribution in [-0.4, -0.2) is 64.5 Å². The van der Waals surface area contributed by atoms with Crippen LogP contribution in [0, 0.1) is 11.8 Å². The first kappa shape index (κ1) is 23.2. The number of amides is 2. The zero-order valence-corrected chi connectivity index (χ0v) is 18.2. The second-order valence-electron chi connectivity index (χ2n) is 8.21. The summed E-state index contributed by atoms with van der Waals surface area (Å²) in [5.74, 6) is 1.17. The van der Waals surface area contributed by atoms with E-state index in [1.165, 1.54) is 0 Å². The van der Waals surface area contributed by atoms with Crippen LogP contribution in [0.2, 0.25) is 0 Å². The molecule has 2 aliphatic rings. The third kappa shape index (κ3) is 7.30. The maximum absolute atomic E-state index is 12.1. The normalized spacial score (nSPS) is 24.5. The van der Waals surface area contributed by atoms with Gasteiger partial charge in [-0.2, -0.15) is 5.21 Å². The summed E-state index contributed by atoms with van der Waals surface area (Å²) in [6.45, 7) is 2.90. The standard InChI is InChI=1S/C21H34N6O4/c1-2-3-12-22-21(29)30-14-20(28)23-13-16-15(17-10-11-18(16)31-17)8-6-4-5-7-9-19-24-26-27-25-19/h4,6,15-18H,2-3,5,7-14H2,1H3,(H,22,29)(H,23,28)(H,24,25,26,27)/b6-4-/t15-,16+,17-,18+/m0/s1. The first-order valence-corrected chi connectivity index (χ1v) is 11.4. The summed E-state index contributed by atoms with van der Waals surface area (Å²) in [6.07, 6.45) is 12.1. The Morgan fingerprint density at radius 2 is 2.03 bits per heavy atom. The number of aromatic nitrogens is 4. The molecule has 3 heterocycles. The third-order valence-electron chi connectivity index (χ3n) is 5.99. The predicted octanol–water partition coefficient (Wildman–Crippen LogP) is 1.90. The summed E-state index contributed by atoms with van der Waals surface area (Å²) in [5, 5.41) is 19.5. The number of hydrogen-bond acceptors (Lipinski definition) is 7. The van der Waals surface area contributed by atoms with E-state index in [0.29, 0.717) is 24.9 Å². The molecule has 0 unspecified atom stereocenters. The fourth-order valence-corrected chi connectivity index (χ4v) is 4.35. The average molecular weight is 435 g/mol. The first-order chi connectivity index (χ1) is 15.2. The topological polar surface area (TPSA) is 131 Å². The summed E-state index contributed by atoms with van der Waals surface area (Å²) in [4.78, 5) is 23.6. The molecule has 10 nitrogen and oxygen atoms in total. The molecule has 1 aromatic heterocycles. The molecule has 0 aliphatic carbocycles. The van der Waals surface area contributed by atoms with Gasteiger partial charge in [-0.25, -0.2) is 4.79 Å². The van der Waals surface area contributed by atoms with Crippen LogP contribution in [0.1, 0.15) is 57.7 Å². The van der Waals surface area contributed by atoms with Gasteiger partial charge in [0.2, 0.25) is 0 Å². The van der Waals surface area contributed by atoms with Crippen molar-refractivity contribution in [1.29, 1.82) is 0 Å². The Morgan fingerprint density at radius 3 is 2.81 bits per heavy atom. The van der Waals surface area contributed by atoms with Crippen molar-refractivity contribution >= 4 is 12.0 Å². The number of rotatable bonds is 13. The monoisotopic (exact) mass is 434 g/mol. The van der Waals surface area contributed by atoms with Crippen molar-refractivity contribution in [2.24, 2.45) is 11.8 Å². The van der Waals surface area contributed by atoms with Gasteiger partial charge >= 0.3 is 6.09 Å². The highest BCUT2D eigenvalue weighted by molar-refractivity contribution is 5.80. The van der Waals surface area contributed by atoms with E-state index < -0.39 is 6.09 Å². The van der Waals surface area contributed by atoms with Crippen LogP contribution >= 0.6 is 0 Å². The fraction of sp³-hybridized carbons (Fsp3) is 0.762. The number of aryl methyl sites for hydroxylation is 1. The zero-order valence-electron chi connectivity index (χ0n) is 18.2. The zero-order chi connectivity index (χ0) is 21.9. The largest absolute Gasteiger partial charge is 0.439 e. The Kier molecular flexibility index (Phi) is 9.26. The summed E-state index contributed by atoms with van der Waals surface area (Å²) in [7, 11) is 0. The molecule has 0 saturated carbocycles. The Morgan fingerprint density at radius 1 is 1.19 bits per heavy atom. The summed E-state index contributed by atoms with van der Waals surface area (Å²) >= 11 is 0. The van der Waals surface area contributed by atoms with E-state index in [0.717, 1.165) is 57.2 Å². The van der Waals surface area contributed by atoms with Gasteiger partial charge in [-0.3, -0.25) is 4.79 Å². The van der Waals surface area contributed by atoms with Crippen molar-refractivity contribution in [2.75, 3.05) is 19.7 Å². The molecule has 31 heavy (non-hydrogen) atoms. The molecule has 4 atom stereocenters. The van der Waals surface area contributed by atoms with Gasteiger partial charge < -0.3 is 20.1 Å². The number of carbonyl (C=O) groups is 2. The van der Waals surface area contributed by atoms with E-state index in [1.54, 1.807) is 0 Å². The van der Waals surface area contributed by atoms with Gasteiger partial charge in [-0.1, -0.05) is 30.7 Å². The smallest absolute Gasteiger partial charge is 0.407 e. The van der Waals surface area contributed by atoms with Gasteiger partial charge in [0.25, 0.3) is 5.91 Å². The van der Waals surface area contributed by atoms with E-state index in [1.807, 2.05) is 6.92 Å². The van der Waals surface area contributed by atoms with Gasteiger partial charge in [-0.15, -0.1) is 10.2 Å². The molecule has 10 heteroatoms. The van der Waals surface area contributed by atoms with Gasteiger partial charge in [0.15, 0.2) is 12.4 Å². The maximum atomic E-state index is 12.1. The molecule has 2 amide bonds. The Hall–Kier alpha value is -2.49. The first-order valence-electron chi connectivity index (χ1n) is 11.4. The quantitative estimate of drug-likeness (QED) is 0.319. The lowest BCUT2D eigenvalue weighted by molar-refractivity contribution is -0.124. The number of nitrogens with zero attached hydrogens (tertiary/aromatic N) is 3.